The maximum atomic E-state index is 15.4. The highest BCUT2D eigenvalue weighted by Crippen LogP contribution is 2.40. The Kier molecular flexibility index (Phi) is 11.1. The fourth-order valence-electron chi connectivity index (χ4n) is 5.70. The first-order chi connectivity index (χ1) is 17.1. The van der Waals surface area contributed by atoms with E-state index in [4.69, 9.17) is 4.74 Å². The van der Waals surface area contributed by atoms with Gasteiger partial charge in [-0.2, -0.15) is 5.26 Å². The van der Waals surface area contributed by atoms with E-state index < -0.39 is 0 Å². The summed E-state index contributed by atoms with van der Waals surface area (Å²) >= 11 is 0. The molecule has 2 aromatic rings. The predicted octanol–water partition coefficient (Wildman–Crippen LogP) is 9.74. The number of aryl methyl sites for hydroxylation is 1. The quantitative estimate of drug-likeness (QED) is 0.269. The SMILES string of the molecule is CCCCCCCCCCc1ccc(-c2ccc(C3CCC(CC)CC3)cc2C#N)c(OC)c1F. The van der Waals surface area contributed by atoms with Crippen molar-refractivity contribution in [2.45, 2.75) is 110 Å². The van der Waals surface area contributed by atoms with Crippen molar-refractivity contribution in [2.75, 3.05) is 7.11 Å². The average molecular weight is 478 g/mol. The molecule has 0 aliphatic heterocycles. The molecular weight excluding hydrogens is 433 g/mol. The minimum absolute atomic E-state index is 0.259. The Bertz CT molecular complexity index is 968. The number of halogens is 1. The lowest BCUT2D eigenvalue weighted by atomic mass is 9.77. The van der Waals surface area contributed by atoms with Gasteiger partial charge in [0, 0.05) is 11.1 Å². The normalized spacial score (nSPS) is 17.8. The van der Waals surface area contributed by atoms with Crippen molar-refractivity contribution in [1.29, 1.82) is 5.26 Å². The van der Waals surface area contributed by atoms with Gasteiger partial charge in [-0.3, -0.25) is 0 Å². The largest absolute Gasteiger partial charge is 0.493 e. The standard InChI is InChI=1S/C32H44FNO/c1-4-6-7-8-9-10-11-12-13-26-18-21-30(32(35-3)31(26)33)29-20-19-27(22-28(29)23-34)25-16-14-24(5-2)15-17-25/h18-22,24-25H,4-17H2,1-3H3. The smallest absolute Gasteiger partial charge is 0.168 e. The second-order valence-electron chi connectivity index (χ2n) is 10.4. The monoisotopic (exact) mass is 477 g/mol. The number of nitrogens with zero attached hydrogens (tertiary/aromatic N) is 1. The van der Waals surface area contributed by atoms with Crippen LogP contribution in [0.15, 0.2) is 30.3 Å². The van der Waals surface area contributed by atoms with Crippen molar-refractivity contribution >= 4 is 0 Å². The Morgan fingerprint density at radius 1 is 0.886 bits per heavy atom. The van der Waals surface area contributed by atoms with Crippen molar-refractivity contribution in [3.05, 3.63) is 52.8 Å². The van der Waals surface area contributed by atoms with Gasteiger partial charge in [-0.25, -0.2) is 4.39 Å². The zero-order valence-corrected chi connectivity index (χ0v) is 22.2. The van der Waals surface area contributed by atoms with Crippen LogP contribution in [0.3, 0.4) is 0 Å². The third-order valence-electron chi connectivity index (χ3n) is 8.03. The lowest BCUT2D eigenvalue weighted by Gasteiger charge is -2.28. The van der Waals surface area contributed by atoms with Crippen molar-refractivity contribution in [3.8, 4) is 22.9 Å². The van der Waals surface area contributed by atoms with Gasteiger partial charge in [0.15, 0.2) is 11.6 Å². The number of unbranched alkanes of at least 4 members (excludes halogenated alkanes) is 7. The van der Waals surface area contributed by atoms with Crippen LogP contribution < -0.4 is 4.74 Å². The van der Waals surface area contributed by atoms with Crippen LogP contribution in [-0.2, 0) is 6.42 Å². The minimum atomic E-state index is -0.279. The highest BCUT2D eigenvalue weighted by molar-refractivity contribution is 5.77. The topological polar surface area (TPSA) is 33.0 Å². The van der Waals surface area contributed by atoms with Crippen LogP contribution in [0, 0.1) is 23.1 Å². The third-order valence-corrected chi connectivity index (χ3v) is 8.03. The summed E-state index contributed by atoms with van der Waals surface area (Å²) in [6.07, 6.45) is 16.8. The number of benzene rings is 2. The molecule has 0 unspecified atom stereocenters. The molecule has 1 saturated carbocycles. The van der Waals surface area contributed by atoms with E-state index in [1.807, 2.05) is 24.3 Å². The Labute approximate surface area is 212 Å². The maximum Gasteiger partial charge on any atom is 0.168 e. The van der Waals surface area contributed by atoms with E-state index in [-0.39, 0.29) is 11.6 Å². The first-order valence-electron chi connectivity index (χ1n) is 14.0. The van der Waals surface area contributed by atoms with Crippen LogP contribution in [-0.4, -0.2) is 7.11 Å². The molecule has 0 atom stereocenters. The number of hydrogen-bond acceptors (Lipinski definition) is 2. The number of methoxy groups -OCH3 is 1. The lowest BCUT2D eigenvalue weighted by molar-refractivity contribution is 0.319. The molecule has 0 heterocycles. The molecule has 0 aromatic heterocycles. The molecule has 1 aliphatic carbocycles. The summed E-state index contributed by atoms with van der Waals surface area (Å²) in [7, 11) is 1.52. The minimum Gasteiger partial charge on any atom is -0.493 e. The predicted molar refractivity (Wildman–Crippen MR) is 144 cm³/mol. The third kappa shape index (κ3) is 7.33. The van der Waals surface area contributed by atoms with E-state index in [0.717, 1.165) is 30.7 Å². The van der Waals surface area contributed by atoms with Gasteiger partial charge in [0.1, 0.15) is 0 Å². The summed E-state index contributed by atoms with van der Waals surface area (Å²) in [6, 6.07) is 12.3. The molecule has 3 heteroatoms. The molecule has 0 N–H and O–H groups in total. The Balaban J connectivity index is 1.69. The zero-order valence-electron chi connectivity index (χ0n) is 22.2. The second-order valence-corrected chi connectivity index (χ2v) is 10.4. The molecule has 3 rings (SSSR count). The number of ether oxygens (including phenoxy) is 1. The fraction of sp³-hybridized carbons (Fsp3) is 0.594. The van der Waals surface area contributed by atoms with Gasteiger partial charge < -0.3 is 4.74 Å². The molecule has 1 aliphatic rings. The molecule has 0 radical (unpaired) electrons. The highest BCUT2D eigenvalue weighted by Gasteiger charge is 2.23. The molecule has 2 nitrogen and oxygen atoms in total. The van der Waals surface area contributed by atoms with Crippen LogP contribution in [0.1, 0.15) is 120 Å². The summed E-state index contributed by atoms with van der Waals surface area (Å²) in [5.41, 5.74) is 3.98. The summed E-state index contributed by atoms with van der Waals surface area (Å²) in [5.74, 6) is 1.35. The first-order valence-corrected chi connectivity index (χ1v) is 14.0. The molecule has 0 spiro atoms. The van der Waals surface area contributed by atoms with Gasteiger partial charge in [0.2, 0.25) is 0 Å². The van der Waals surface area contributed by atoms with Gasteiger partial charge in [-0.15, -0.1) is 0 Å². The average Bonchev–Trinajstić information content (AvgIpc) is 2.90. The summed E-state index contributed by atoms with van der Waals surface area (Å²) in [5, 5.41) is 9.92. The van der Waals surface area contributed by atoms with Crippen molar-refractivity contribution in [1.82, 2.24) is 0 Å². The van der Waals surface area contributed by atoms with E-state index in [0.29, 0.717) is 22.6 Å². The van der Waals surface area contributed by atoms with Crippen LogP contribution in [0.2, 0.25) is 0 Å². The van der Waals surface area contributed by atoms with Crippen LogP contribution in [0.25, 0.3) is 11.1 Å². The van der Waals surface area contributed by atoms with Crippen molar-refractivity contribution < 1.29 is 9.13 Å². The molecule has 0 amide bonds. The summed E-state index contributed by atoms with van der Waals surface area (Å²) < 4.78 is 20.9. The Morgan fingerprint density at radius 2 is 1.54 bits per heavy atom. The molecule has 2 aromatic carbocycles. The van der Waals surface area contributed by atoms with Crippen LogP contribution >= 0.6 is 0 Å². The van der Waals surface area contributed by atoms with Crippen LogP contribution in [0.5, 0.6) is 5.75 Å². The molecule has 1 fully saturated rings. The van der Waals surface area contributed by atoms with E-state index in [1.54, 1.807) is 0 Å². The van der Waals surface area contributed by atoms with Gasteiger partial charge in [-0.05, 0) is 67.6 Å². The van der Waals surface area contributed by atoms with Gasteiger partial charge in [0.05, 0.1) is 18.7 Å². The van der Waals surface area contributed by atoms with E-state index >= 15 is 4.39 Å². The van der Waals surface area contributed by atoms with Crippen molar-refractivity contribution in [2.24, 2.45) is 5.92 Å². The van der Waals surface area contributed by atoms with Crippen LogP contribution in [0.4, 0.5) is 4.39 Å². The molecule has 35 heavy (non-hydrogen) atoms. The number of hydrogen-bond donors (Lipinski definition) is 0. The van der Waals surface area contributed by atoms with Crippen molar-refractivity contribution in [3.63, 3.8) is 0 Å². The van der Waals surface area contributed by atoms with E-state index in [1.165, 1.54) is 83.3 Å². The lowest BCUT2D eigenvalue weighted by Crippen LogP contribution is -2.12. The second kappa shape index (κ2) is 14.3. The number of nitriles is 1. The zero-order chi connectivity index (χ0) is 25.0. The number of rotatable bonds is 13. The highest BCUT2D eigenvalue weighted by atomic mass is 19.1. The summed E-state index contributed by atoms with van der Waals surface area (Å²) in [6.45, 7) is 4.52. The first kappa shape index (κ1) is 27.3. The van der Waals surface area contributed by atoms with Gasteiger partial charge >= 0.3 is 0 Å². The molecular formula is C32H44FNO. The van der Waals surface area contributed by atoms with Gasteiger partial charge in [0.25, 0.3) is 0 Å². The Morgan fingerprint density at radius 3 is 2.17 bits per heavy atom. The molecule has 190 valence electrons. The maximum absolute atomic E-state index is 15.4. The summed E-state index contributed by atoms with van der Waals surface area (Å²) in [4.78, 5) is 0. The van der Waals surface area contributed by atoms with E-state index in [9.17, 15) is 5.26 Å². The molecule has 0 saturated heterocycles. The fourth-order valence-corrected chi connectivity index (χ4v) is 5.70. The van der Waals surface area contributed by atoms with Gasteiger partial charge in [-0.1, -0.05) is 89.5 Å². The van der Waals surface area contributed by atoms with E-state index in [2.05, 4.69) is 26.0 Å². The molecule has 0 bridgehead atoms. The Hall–Kier alpha value is -2.34.